The molecule has 0 spiro atoms. The fraction of sp³-hybridized carbons (Fsp3) is 0.923. The van der Waals surface area contributed by atoms with Crippen molar-refractivity contribution in [3.05, 3.63) is 0 Å². The van der Waals surface area contributed by atoms with Crippen LogP contribution in [0.15, 0.2) is 0 Å². The molecule has 2 aliphatic rings. The van der Waals surface area contributed by atoms with Gasteiger partial charge in [-0.15, -0.1) is 0 Å². The van der Waals surface area contributed by atoms with Crippen LogP contribution in [0.2, 0.25) is 0 Å². The SMILES string of the molecule is CCC(C)C(=O)C1CC2CCC(C1)N2C. The summed E-state index contributed by atoms with van der Waals surface area (Å²) in [6, 6.07) is 1.39. The van der Waals surface area contributed by atoms with Gasteiger partial charge in [0.1, 0.15) is 5.78 Å². The number of piperidine rings is 1. The van der Waals surface area contributed by atoms with Crippen LogP contribution in [-0.4, -0.2) is 29.8 Å². The summed E-state index contributed by atoms with van der Waals surface area (Å²) in [6.07, 6.45) is 5.86. The number of hydrogen-bond donors (Lipinski definition) is 0. The Labute approximate surface area is 93.0 Å². The Morgan fingerprint density at radius 1 is 1.33 bits per heavy atom. The monoisotopic (exact) mass is 209 g/mol. The second kappa shape index (κ2) is 4.25. The number of carbonyl (C=O) groups is 1. The molecule has 3 atom stereocenters. The molecule has 0 radical (unpaired) electrons. The van der Waals surface area contributed by atoms with Crippen molar-refractivity contribution in [1.29, 1.82) is 0 Å². The minimum Gasteiger partial charge on any atom is -0.300 e. The van der Waals surface area contributed by atoms with Crippen LogP contribution in [-0.2, 0) is 4.79 Å². The van der Waals surface area contributed by atoms with Crippen LogP contribution in [0.4, 0.5) is 0 Å². The van der Waals surface area contributed by atoms with Crippen molar-refractivity contribution in [2.45, 2.75) is 58.0 Å². The van der Waals surface area contributed by atoms with Gasteiger partial charge in [-0.05, 0) is 39.2 Å². The Kier molecular flexibility index (Phi) is 3.15. The van der Waals surface area contributed by atoms with E-state index in [1.807, 2.05) is 0 Å². The van der Waals surface area contributed by atoms with Crippen molar-refractivity contribution in [3.8, 4) is 0 Å². The highest BCUT2D eigenvalue weighted by Crippen LogP contribution is 2.38. The van der Waals surface area contributed by atoms with E-state index in [-0.39, 0.29) is 5.92 Å². The Hall–Kier alpha value is -0.370. The maximum absolute atomic E-state index is 12.1. The van der Waals surface area contributed by atoms with Crippen molar-refractivity contribution in [1.82, 2.24) is 4.90 Å². The first-order chi connectivity index (χ1) is 7.13. The Morgan fingerprint density at radius 3 is 2.33 bits per heavy atom. The largest absolute Gasteiger partial charge is 0.300 e. The molecule has 3 unspecified atom stereocenters. The van der Waals surface area contributed by atoms with E-state index in [1.165, 1.54) is 12.8 Å². The zero-order valence-electron chi connectivity index (χ0n) is 10.2. The quantitative estimate of drug-likeness (QED) is 0.711. The van der Waals surface area contributed by atoms with Gasteiger partial charge in [-0.1, -0.05) is 13.8 Å². The average Bonchev–Trinajstić information content (AvgIpc) is 2.50. The van der Waals surface area contributed by atoms with Gasteiger partial charge in [-0.3, -0.25) is 4.79 Å². The molecule has 0 saturated carbocycles. The first kappa shape index (κ1) is 11.1. The van der Waals surface area contributed by atoms with Crippen molar-refractivity contribution >= 4 is 5.78 Å². The smallest absolute Gasteiger partial charge is 0.138 e. The van der Waals surface area contributed by atoms with Crippen LogP contribution in [0, 0.1) is 11.8 Å². The summed E-state index contributed by atoms with van der Waals surface area (Å²) in [5.41, 5.74) is 0. The fourth-order valence-electron chi connectivity index (χ4n) is 3.25. The number of carbonyl (C=O) groups excluding carboxylic acids is 1. The summed E-state index contributed by atoms with van der Waals surface area (Å²) < 4.78 is 0. The summed E-state index contributed by atoms with van der Waals surface area (Å²) >= 11 is 0. The predicted octanol–water partition coefficient (Wildman–Crippen LogP) is 2.47. The lowest BCUT2D eigenvalue weighted by molar-refractivity contribution is -0.128. The standard InChI is InChI=1S/C13H23NO/c1-4-9(2)13(15)10-7-11-5-6-12(8-10)14(11)3/h9-12H,4-8H2,1-3H3. The van der Waals surface area contributed by atoms with Gasteiger partial charge in [0.15, 0.2) is 0 Å². The molecule has 0 aliphatic carbocycles. The van der Waals surface area contributed by atoms with Gasteiger partial charge in [0.25, 0.3) is 0 Å². The first-order valence-electron chi connectivity index (χ1n) is 6.39. The third-order valence-corrected chi connectivity index (χ3v) is 4.60. The molecule has 0 aromatic rings. The van der Waals surface area contributed by atoms with E-state index in [0.29, 0.717) is 23.8 Å². The van der Waals surface area contributed by atoms with Gasteiger partial charge < -0.3 is 4.90 Å². The number of rotatable bonds is 3. The first-order valence-corrected chi connectivity index (χ1v) is 6.39. The number of ketones is 1. The highest BCUT2D eigenvalue weighted by atomic mass is 16.1. The van der Waals surface area contributed by atoms with Crippen LogP contribution in [0.5, 0.6) is 0 Å². The van der Waals surface area contributed by atoms with Crippen molar-refractivity contribution in [3.63, 3.8) is 0 Å². The van der Waals surface area contributed by atoms with E-state index in [4.69, 9.17) is 0 Å². The highest BCUT2D eigenvalue weighted by Gasteiger charge is 2.41. The van der Waals surface area contributed by atoms with E-state index in [0.717, 1.165) is 19.3 Å². The molecule has 15 heavy (non-hydrogen) atoms. The fourth-order valence-corrected chi connectivity index (χ4v) is 3.25. The number of nitrogens with zero attached hydrogens (tertiary/aromatic N) is 1. The minimum absolute atomic E-state index is 0.276. The van der Waals surface area contributed by atoms with Gasteiger partial charge >= 0.3 is 0 Å². The lowest BCUT2D eigenvalue weighted by atomic mass is 9.82. The number of fused-ring (bicyclic) bond motifs is 2. The molecule has 2 bridgehead atoms. The molecule has 2 heterocycles. The molecule has 86 valence electrons. The van der Waals surface area contributed by atoms with Gasteiger partial charge in [0.2, 0.25) is 0 Å². The molecule has 2 aliphatic heterocycles. The summed E-state index contributed by atoms with van der Waals surface area (Å²) in [7, 11) is 2.23. The molecule has 2 heteroatoms. The molecular weight excluding hydrogens is 186 g/mol. The molecule has 0 N–H and O–H groups in total. The Bertz CT molecular complexity index is 237. The maximum Gasteiger partial charge on any atom is 0.138 e. The molecule has 0 aromatic heterocycles. The number of hydrogen-bond acceptors (Lipinski definition) is 2. The second-order valence-corrected chi connectivity index (χ2v) is 5.43. The number of Topliss-reactive ketones (excluding diaryl/α,β-unsaturated/α-hetero) is 1. The minimum atomic E-state index is 0.276. The van der Waals surface area contributed by atoms with E-state index in [1.54, 1.807) is 0 Å². The molecule has 0 aromatic carbocycles. The molecule has 2 nitrogen and oxygen atoms in total. The highest BCUT2D eigenvalue weighted by molar-refractivity contribution is 5.83. The summed E-state index contributed by atoms with van der Waals surface area (Å²) in [6.45, 7) is 4.20. The van der Waals surface area contributed by atoms with Crippen molar-refractivity contribution in [2.75, 3.05) is 7.05 Å². The normalized spacial score (nSPS) is 37.9. The Morgan fingerprint density at radius 2 is 1.87 bits per heavy atom. The van der Waals surface area contributed by atoms with Crippen LogP contribution >= 0.6 is 0 Å². The molecule has 2 rings (SSSR count). The summed E-state index contributed by atoms with van der Waals surface area (Å²) in [5, 5.41) is 0. The Balaban J connectivity index is 1.99. The van der Waals surface area contributed by atoms with Crippen LogP contribution in [0.1, 0.15) is 46.0 Å². The van der Waals surface area contributed by atoms with Gasteiger partial charge in [-0.2, -0.15) is 0 Å². The summed E-state index contributed by atoms with van der Waals surface area (Å²) in [5.74, 6) is 1.17. The van der Waals surface area contributed by atoms with E-state index >= 15 is 0 Å². The van der Waals surface area contributed by atoms with Crippen molar-refractivity contribution in [2.24, 2.45) is 11.8 Å². The lowest BCUT2D eigenvalue weighted by Gasteiger charge is -2.36. The third-order valence-electron chi connectivity index (χ3n) is 4.60. The van der Waals surface area contributed by atoms with E-state index < -0.39 is 0 Å². The summed E-state index contributed by atoms with van der Waals surface area (Å²) in [4.78, 5) is 14.6. The third kappa shape index (κ3) is 1.96. The topological polar surface area (TPSA) is 20.3 Å². The van der Waals surface area contributed by atoms with Crippen LogP contribution in [0.25, 0.3) is 0 Å². The van der Waals surface area contributed by atoms with Crippen LogP contribution in [0.3, 0.4) is 0 Å². The maximum atomic E-state index is 12.1. The second-order valence-electron chi connectivity index (χ2n) is 5.43. The van der Waals surface area contributed by atoms with Crippen molar-refractivity contribution < 1.29 is 4.79 Å². The molecule has 2 saturated heterocycles. The molecule has 2 fully saturated rings. The molecule has 0 amide bonds. The average molecular weight is 209 g/mol. The predicted molar refractivity (Wildman–Crippen MR) is 61.8 cm³/mol. The molecular formula is C13H23NO. The lowest BCUT2D eigenvalue weighted by Crippen LogP contribution is -2.43. The van der Waals surface area contributed by atoms with Gasteiger partial charge in [-0.25, -0.2) is 0 Å². The zero-order valence-corrected chi connectivity index (χ0v) is 10.2. The van der Waals surface area contributed by atoms with Gasteiger partial charge in [0, 0.05) is 23.9 Å². The van der Waals surface area contributed by atoms with E-state index in [2.05, 4.69) is 25.8 Å². The van der Waals surface area contributed by atoms with Crippen LogP contribution < -0.4 is 0 Å². The van der Waals surface area contributed by atoms with E-state index in [9.17, 15) is 4.79 Å². The zero-order chi connectivity index (χ0) is 11.0. The van der Waals surface area contributed by atoms with Gasteiger partial charge in [0.05, 0.1) is 0 Å².